The van der Waals surface area contributed by atoms with E-state index in [1.165, 1.54) is 18.9 Å². The van der Waals surface area contributed by atoms with Gasteiger partial charge in [0, 0.05) is 24.2 Å². The van der Waals surface area contributed by atoms with Crippen molar-refractivity contribution >= 4 is 17.5 Å². The Hall–Kier alpha value is -2.17. The molecular formula is C16H19FN4. The Bertz CT molecular complexity index is 653. The number of hydrogen-bond donors (Lipinski definition) is 2. The quantitative estimate of drug-likeness (QED) is 0.873. The van der Waals surface area contributed by atoms with Gasteiger partial charge < -0.3 is 10.6 Å². The molecule has 5 heteroatoms. The fourth-order valence-corrected chi connectivity index (χ4v) is 2.17. The van der Waals surface area contributed by atoms with Crippen LogP contribution in [-0.2, 0) is 0 Å². The van der Waals surface area contributed by atoms with Crippen LogP contribution in [0.15, 0.2) is 24.3 Å². The summed E-state index contributed by atoms with van der Waals surface area (Å²) in [5.41, 5.74) is 2.38. The van der Waals surface area contributed by atoms with E-state index in [0.29, 0.717) is 28.9 Å². The molecule has 21 heavy (non-hydrogen) atoms. The van der Waals surface area contributed by atoms with Gasteiger partial charge in [-0.05, 0) is 44.4 Å². The molecule has 0 atom stereocenters. The van der Waals surface area contributed by atoms with Gasteiger partial charge in [-0.25, -0.2) is 9.37 Å². The highest BCUT2D eigenvalue weighted by Crippen LogP contribution is 2.40. The Morgan fingerprint density at radius 2 is 2.05 bits per heavy atom. The summed E-state index contributed by atoms with van der Waals surface area (Å²) in [4.78, 5) is 8.95. The molecular weight excluding hydrogens is 267 g/mol. The zero-order chi connectivity index (χ0) is 14.8. The topological polar surface area (TPSA) is 49.8 Å². The molecule has 0 bridgehead atoms. The lowest BCUT2D eigenvalue weighted by Gasteiger charge is -2.11. The first-order chi connectivity index (χ1) is 10.2. The van der Waals surface area contributed by atoms with Gasteiger partial charge in [0.2, 0.25) is 5.95 Å². The van der Waals surface area contributed by atoms with Gasteiger partial charge >= 0.3 is 0 Å². The molecule has 0 amide bonds. The second-order valence-corrected chi connectivity index (χ2v) is 5.40. The Labute approximate surface area is 123 Å². The third kappa shape index (κ3) is 3.29. The van der Waals surface area contributed by atoms with Gasteiger partial charge in [0.05, 0.1) is 5.69 Å². The second kappa shape index (κ2) is 5.68. The summed E-state index contributed by atoms with van der Waals surface area (Å²) in [5.74, 6) is 1.65. The molecule has 110 valence electrons. The highest BCUT2D eigenvalue weighted by Gasteiger charge is 2.26. The Morgan fingerprint density at radius 1 is 1.24 bits per heavy atom. The lowest BCUT2D eigenvalue weighted by atomic mass is 10.2. The zero-order valence-corrected chi connectivity index (χ0v) is 12.3. The van der Waals surface area contributed by atoms with Crippen LogP contribution in [0.4, 0.5) is 21.8 Å². The van der Waals surface area contributed by atoms with Crippen molar-refractivity contribution in [2.75, 3.05) is 17.2 Å². The largest absolute Gasteiger partial charge is 0.354 e. The van der Waals surface area contributed by atoms with Crippen molar-refractivity contribution in [1.29, 1.82) is 0 Å². The monoisotopic (exact) mass is 286 g/mol. The molecule has 1 aliphatic rings. The Balaban J connectivity index is 1.87. The molecule has 1 heterocycles. The van der Waals surface area contributed by atoms with E-state index >= 15 is 0 Å². The van der Waals surface area contributed by atoms with E-state index in [-0.39, 0.29) is 5.82 Å². The van der Waals surface area contributed by atoms with Crippen molar-refractivity contribution in [1.82, 2.24) is 9.97 Å². The van der Waals surface area contributed by atoms with E-state index < -0.39 is 0 Å². The van der Waals surface area contributed by atoms with Gasteiger partial charge in [-0.2, -0.15) is 4.98 Å². The maximum absolute atomic E-state index is 13.6. The van der Waals surface area contributed by atoms with Crippen molar-refractivity contribution in [2.24, 2.45) is 0 Å². The van der Waals surface area contributed by atoms with E-state index in [9.17, 15) is 4.39 Å². The summed E-state index contributed by atoms with van der Waals surface area (Å²) < 4.78 is 13.6. The molecule has 3 rings (SSSR count). The van der Waals surface area contributed by atoms with E-state index in [1.54, 1.807) is 13.0 Å². The Kier molecular flexibility index (Phi) is 3.73. The maximum Gasteiger partial charge on any atom is 0.224 e. The smallest absolute Gasteiger partial charge is 0.224 e. The standard InChI is InChI=1S/C16H19FN4/c1-3-18-16-20-14(11-5-6-11)9-15(21-16)19-12-7-4-10(2)13(17)8-12/h4,7-9,11H,3,5-6H2,1-2H3,(H2,18,19,20,21). The summed E-state index contributed by atoms with van der Waals surface area (Å²) in [7, 11) is 0. The van der Waals surface area contributed by atoms with Crippen LogP contribution < -0.4 is 10.6 Å². The molecule has 2 aromatic rings. The van der Waals surface area contributed by atoms with Gasteiger partial charge in [0.15, 0.2) is 0 Å². The summed E-state index contributed by atoms with van der Waals surface area (Å²) in [6, 6.07) is 7.05. The highest BCUT2D eigenvalue weighted by atomic mass is 19.1. The molecule has 0 radical (unpaired) electrons. The van der Waals surface area contributed by atoms with Crippen LogP contribution in [0.1, 0.15) is 36.9 Å². The third-order valence-electron chi connectivity index (χ3n) is 3.52. The van der Waals surface area contributed by atoms with Crippen LogP contribution in [0.2, 0.25) is 0 Å². The summed E-state index contributed by atoms with van der Waals surface area (Å²) in [6.45, 7) is 4.53. The predicted molar refractivity (Wildman–Crippen MR) is 82.6 cm³/mol. The minimum Gasteiger partial charge on any atom is -0.354 e. The summed E-state index contributed by atoms with van der Waals surface area (Å²) >= 11 is 0. The number of nitrogens with zero attached hydrogens (tertiary/aromatic N) is 2. The van der Waals surface area contributed by atoms with Crippen LogP contribution in [0.5, 0.6) is 0 Å². The van der Waals surface area contributed by atoms with E-state index in [1.807, 2.05) is 19.1 Å². The van der Waals surface area contributed by atoms with Crippen LogP contribution in [-0.4, -0.2) is 16.5 Å². The van der Waals surface area contributed by atoms with Gasteiger partial charge in [0.25, 0.3) is 0 Å². The predicted octanol–water partition coefficient (Wildman–Crippen LogP) is 3.98. The van der Waals surface area contributed by atoms with Crippen LogP contribution >= 0.6 is 0 Å². The number of aryl methyl sites for hydroxylation is 1. The third-order valence-corrected chi connectivity index (χ3v) is 3.52. The molecule has 1 aliphatic carbocycles. The molecule has 1 aromatic carbocycles. The van der Waals surface area contributed by atoms with Gasteiger partial charge in [-0.1, -0.05) is 6.07 Å². The lowest BCUT2D eigenvalue weighted by molar-refractivity contribution is 0.619. The number of halogens is 1. The lowest BCUT2D eigenvalue weighted by Crippen LogP contribution is -2.06. The molecule has 0 unspecified atom stereocenters. The van der Waals surface area contributed by atoms with E-state index in [2.05, 4.69) is 20.6 Å². The van der Waals surface area contributed by atoms with E-state index in [0.717, 1.165) is 12.2 Å². The first kappa shape index (κ1) is 13.8. The van der Waals surface area contributed by atoms with Crippen LogP contribution in [0.25, 0.3) is 0 Å². The molecule has 2 N–H and O–H groups in total. The second-order valence-electron chi connectivity index (χ2n) is 5.40. The fraction of sp³-hybridized carbons (Fsp3) is 0.375. The number of nitrogens with one attached hydrogen (secondary N) is 2. The van der Waals surface area contributed by atoms with Crippen LogP contribution in [0, 0.1) is 12.7 Å². The van der Waals surface area contributed by atoms with Crippen molar-refractivity contribution < 1.29 is 4.39 Å². The normalized spacial score (nSPS) is 14.0. The Morgan fingerprint density at radius 3 is 2.71 bits per heavy atom. The van der Waals surface area contributed by atoms with Crippen molar-refractivity contribution in [2.45, 2.75) is 32.6 Å². The van der Waals surface area contributed by atoms with E-state index in [4.69, 9.17) is 0 Å². The number of rotatable bonds is 5. The molecule has 1 fully saturated rings. The zero-order valence-electron chi connectivity index (χ0n) is 12.3. The number of benzene rings is 1. The highest BCUT2D eigenvalue weighted by molar-refractivity contribution is 5.58. The molecule has 1 aromatic heterocycles. The molecule has 1 saturated carbocycles. The van der Waals surface area contributed by atoms with Gasteiger partial charge in [-0.3, -0.25) is 0 Å². The minimum absolute atomic E-state index is 0.219. The number of hydrogen-bond acceptors (Lipinski definition) is 4. The fourth-order valence-electron chi connectivity index (χ4n) is 2.17. The maximum atomic E-state index is 13.6. The van der Waals surface area contributed by atoms with Crippen LogP contribution in [0.3, 0.4) is 0 Å². The minimum atomic E-state index is -0.219. The van der Waals surface area contributed by atoms with Gasteiger partial charge in [0.1, 0.15) is 11.6 Å². The molecule has 4 nitrogen and oxygen atoms in total. The van der Waals surface area contributed by atoms with Crippen molar-refractivity contribution in [3.63, 3.8) is 0 Å². The van der Waals surface area contributed by atoms with Crippen molar-refractivity contribution in [3.05, 3.63) is 41.3 Å². The summed E-state index contributed by atoms with van der Waals surface area (Å²) in [5, 5.41) is 6.30. The average Bonchev–Trinajstić information content (AvgIpc) is 3.28. The first-order valence-electron chi connectivity index (χ1n) is 7.31. The number of aromatic nitrogens is 2. The SMILES string of the molecule is CCNc1nc(Nc2ccc(C)c(F)c2)cc(C2CC2)n1. The molecule has 0 spiro atoms. The number of anilines is 3. The van der Waals surface area contributed by atoms with Crippen molar-refractivity contribution in [3.8, 4) is 0 Å². The average molecular weight is 286 g/mol. The van der Waals surface area contributed by atoms with Gasteiger partial charge in [-0.15, -0.1) is 0 Å². The molecule has 0 aliphatic heterocycles. The molecule has 0 saturated heterocycles. The first-order valence-corrected chi connectivity index (χ1v) is 7.31. The summed E-state index contributed by atoms with van der Waals surface area (Å²) in [6.07, 6.45) is 2.36.